The molecule has 0 saturated carbocycles. The predicted molar refractivity (Wildman–Crippen MR) is 126 cm³/mol. The van der Waals surface area contributed by atoms with Gasteiger partial charge in [0.25, 0.3) is 0 Å². The van der Waals surface area contributed by atoms with Crippen LogP contribution in [-0.4, -0.2) is 40.7 Å². The molecule has 1 N–H and O–H groups in total. The molecule has 1 atom stereocenters. The molecule has 0 unspecified atom stereocenters. The third-order valence-electron chi connectivity index (χ3n) is 5.86. The van der Waals surface area contributed by atoms with Gasteiger partial charge in [0.2, 0.25) is 16.0 Å². The van der Waals surface area contributed by atoms with E-state index in [9.17, 15) is 9.18 Å². The molecule has 1 aliphatic heterocycles. The van der Waals surface area contributed by atoms with Gasteiger partial charge in [0, 0.05) is 25.2 Å². The molecule has 4 aromatic rings. The van der Waals surface area contributed by atoms with Crippen LogP contribution in [0.5, 0.6) is 5.75 Å². The highest BCUT2D eigenvalue weighted by Gasteiger charge is 2.27. The molecule has 5 rings (SSSR count). The Bertz CT molecular complexity index is 1220. The Labute approximate surface area is 194 Å². The zero-order chi connectivity index (χ0) is 22.8. The van der Waals surface area contributed by atoms with E-state index in [-0.39, 0.29) is 17.6 Å². The van der Waals surface area contributed by atoms with Crippen molar-refractivity contribution in [2.45, 2.75) is 19.4 Å². The first kappa shape index (κ1) is 21.4. The van der Waals surface area contributed by atoms with Crippen LogP contribution in [0.2, 0.25) is 0 Å². The third kappa shape index (κ3) is 4.68. The number of benzene rings is 2. The first-order chi connectivity index (χ1) is 16.1. The summed E-state index contributed by atoms with van der Waals surface area (Å²) in [6.07, 6.45) is 3.69. The van der Waals surface area contributed by atoms with E-state index in [0.717, 1.165) is 52.0 Å². The number of aromatic nitrogens is 3. The van der Waals surface area contributed by atoms with E-state index in [1.54, 1.807) is 23.8 Å². The fraction of sp³-hybridized carbons (Fsp3) is 0.292. The lowest BCUT2D eigenvalue weighted by Gasteiger charge is -2.31. The first-order valence-corrected chi connectivity index (χ1v) is 11.7. The summed E-state index contributed by atoms with van der Waals surface area (Å²) in [4.78, 5) is 20.4. The molecule has 3 heterocycles. The quantitative estimate of drug-likeness (QED) is 0.464. The van der Waals surface area contributed by atoms with Crippen molar-refractivity contribution in [3.8, 4) is 17.0 Å². The predicted octanol–water partition coefficient (Wildman–Crippen LogP) is 4.14. The van der Waals surface area contributed by atoms with Crippen LogP contribution in [0.1, 0.15) is 18.4 Å². The van der Waals surface area contributed by atoms with Crippen LogP contribution in [0.3, 0.4) is 0 Å². The number of nitrogens with one attached hydrogen (secondary N) is 1. The van der Waals surface area contributed by atoms with Gasteiger partial charge in [-0.3, -0.25) is 4.79 Å². The minimum Gasteiger partial charge on any atom is -0.497 e. The molecule has 2 aromatic carbocycles. The summed E-state index contributed by atoms with van der Waals surface area (Å²) in [5.74, 6) is 0.442. The third-order valence-corrected chi connectivity index (χ3v) is 6.84. The second-order valence-electron chi connectivity index (χ2n) is 8.10. The molecular weight excluding hydrogens is 441 g/mol. The molecule has 1 saturated heterocycles. The van der Waals surface area contributed by atoms with Gasteiger partial charge in [0.15, 0.2) is 0 Å². The van der Waals surface area contributed by atoms with Crippen molar-refractivity contribution in [1.29, 1.82) is 0 Å². The molecule has 0 radical (unpaired) electrons. The lowest BCUT2D eigenvalue weighted by atomic mass is 9.97. The Balaban J connectivity index is 1.24. The van der Waals surface area contributed by atoms with Crippen LogP contribution in [0, 0.1) is 11.7 Å². The van der Waals surface area contributed by atoms with Crippen LogP contribution < -0.4 is 15.0 Å². The molecule has 1 amide bonds. The zero-order valence-electron chi connectivity index (χ0n) is 18.2. The summed E-state index contributed by atoms with van der Waals surface area (Å²) in [6, 6.07) is 14.0. The van der Waals surface area contributed by atoms with Gasteiger partial charge in [-0.15, -0.1) is 5.10 Å². The van der Waals surface area contributed by atoms with E-state index in [2.05, 4.69) is 10.2 Å². The average molecular weight is 466 g/mol. The van der Waals surface area contributed by atoms with E-state index < -0.39 is 0 Å². The number of rotatable bonds is 6. The van der Waals surface area contributed by atoms with Gasteiger partial charge in [-0.25, -0.2) is 13.9 Å². The lowest BCUT2D eigenvalue weighted by Crippen LogP contribution is -2.43. The second kappa shape index (κ2) is 9.19. The molecule has 1 aliphatic rings. The maximum absolute atomic E-state index is 13.1. The number of hydrogen-bond donors (Lipinski definition) is 1. The van der Waals surface area contributed by atoms with Gasteiger partial charge in [0.1, 0.15) is 11.6 Å². The number of carbonyl (C=O) groups excluding carboxylic acids is 1. The zero-order valence-corrected chi connectivity index (χ0v) is 19.0. The van der Waals surface area contributed by atoms with Gasteiger partial charge in [-0.05, 0) is 54.8 Å². The number of piperidine rings is 1. The largest absolute Gasteiger partial charge is 0.497 e. The molecule has 7 nitrogen and oxygen atoms in total. The average Bonchev–Trinajstić information content (AvgIpc) is 3.43. The van der Waals surface area contributed by atoms with Crippen LogP contribution in [0.25, 0.3) is 16.2 Å². The van der Waals surface area contributed by atoms with Crippen molar-refractivity contribution >= 4 is 27.3 Å². The normalized spacial score (nSPS) is 16.2. The summed E-state index contributed by atoms with van der Waals surface area (Å²) >= 11 is 1.53. The maximum atomic E-state index is 13.1. The number of amides is 1. The van der Waals surface area contributed by atoms with E-state index in [1.807, 2.05) is 30.5 Å². The van der Waals surface area contributed by atoms with Crippen molar-refractivity contribution in [3.05, 3.63) is 66.1 Å². The number of anilines is 1. The first-order valence-electron chi connectivity index (χ1n) is 10.9. The Morgan fingerprint density at radius 3 is 2.73 bits per heavy atom. The summed E-state index contributed by atoms with van der Waals surface area (Å²) in [5, 5.41) is 8.57. The number of methoxy groups -OCH3 is 1. The fourth-order valence-electron chi connectivity index (χ4n) is 4.02. The Morgan fingerprint density at radius 1 is 1.21 bits per heavy atom. The van der Waals surface area contributed by atoms with Gasteiger partial charge < -0.3 is 15.0 Å². The lowest BCUT2D eigenvalue weighted by molar-refractivity contribution is -0.125. The van der Waals surface area contributed by atoms with Crippen molar-refractivity contribution in [1.82, 2.24) is 19.9 Å². The molecule has 0 spiro atoms. The minimum atomic E-state index is -0.279. The van der Waals surface area contributed by atoms with E-state index >= 15 is 0 Å². The monoisotopic (exact) mass is 465 g/mol. The summed E-state index contributed by atoms with van der Waals surface area (Å²) < 4.78 is 20.1. The number of carbonyl (C=O) groups is 1. The molecule has 170 valence electrons. The smallest absolute Gasteiger partial charge is 0.225 e. The van der Waals surface area contributed by atoms with Crippen molar-refractivity contribution in [2.75, 3.05) is 25.1 Å². The highest BCUT2D eigenvalue weighted by atomic mass is 32.1. The highest BCUT2D eigenvalue weighted by Crippen LogP contribution is 2.30. The Morgan fingerprint density at radius 2 is 2.00 bits per heavy atom. The number of nitrogens with zero attached hydrogens (tertiary/aromatic N) is 4. The Hall–Kier alpha value is -3.46. The van der Waals surface area contributed by atoms with Crippen LogP contribution in [0.4, 0.5) is 9.52 Å². The van der Waals surface area contributed by atoms with Crippen molar-refractivity contribution in [3.63, 3.8) is 0 Å². The Kier molecular flexibility index (Phi) is 5.95. The van der Waals surface area contributed by atoms with Crippen molar-refractivity contribution in [2.24, 2.45) is 5.92 Å². The number of fused-ring (bicyclic) bond motifs is 1. The van der Waals surface area contributed by atoms with E-state index in [1.165, 1.54) is 23.5 Å². The SMILES string of the molecule is COc1ccc(-c2cn3nc(N4CCC[C@H](C(=O)NCc5ccc(F)cc5)C4)sc3n2)cc1. The van der Waals surface area contributed by atoms with Gasteiger partial charge in [-0.1, -0.05) is 23.5 Å². The van der Waals surface area contributed by atoms with Crippen LogP contribution in [-0.2, 0) is 11.3 Å². The summed E-state index contributed by atoms with van der Waals surface area (Å²) in [6.45, 7) is 1.88. The van der Waals surface area contributed by atoms with E-state index in [0.29, 0.717) is 13.1 Å². The highest BCUT2D eigenvalue weighted by molar-refractivity contribution is 7.20. The molecule has 33 heavy (non-hydrogen) atoms. The topological polar surface area (TPSA) is 71.8 Å². The van der Waals surface area contributed by atoms with Crippen molar-refractivity contribution < 1.29 is 13.9 Å². The van der Waals surface area contributed by atoms with Gasteiger partial charge in [0.05, 0.1) is 24.9 Å². The number of imidazole rings is 1. The minimum absolute atomic E-state index is 0.0205. The van der Waals surface area contributed by atoms with Gasteiger partial charge in [-0.2, -0.15) is 0 Å². The molecule has 2 aromatic heterocycles. The summed E-state index contributed by atoms with van der Waals surface area (Å²) in [5.41, 5.74) is 2.75. The number of ether oxygens (including phenoxy) is 1. The maximum Gasteiger partial charge on any atom is 0.225 e. The van der Waals surface area contributed by atoms with E-state index in [4.69, 9.17) is 14.8 Å². The van der Waals surface area contributed by atoms with Crippen LogP contribution in [0.15, 0.2) is 54.7 Å². The number of hydrogen-bond acceptors (Lipinski definition) is 6. The second-order valence-corrected chi connectivity index (χ2v) is 9.03. The standard InChI is InChI=1S/C24H24FN5O2S/c1-32-20-10-6-17(7-11-20)21-15-30-23(27-21)33-24(28-30)29-12-2-3-18(14-29)22(31)26-13-16-4-8-19(25)9-5-16/h4-11,15,18H,2-3,12-14H2,1H3,(H,26,31)/t18-/m0/s1. The molecule has 0 aliphatic carbocycles. The molecule has 0 bridgehead atoms. The molecule has 9 heteroatoms. The number of halogens is 1. The van der Waals surface area contributed by atoms with Gasteiger partial charge >= 0.3 is 0 Å². The summed E-state index contributed by atoms with van der Waals surface area (Å²) in [7, 11) is 1.65. The molecule has 1 fully saturated rings. The molecular formula is C24H24FN5O2S. The fourth-order valence-corrected chi connectivity index (χ4v) is 4.94. The van der Waals surface area contributed by atoms with Crippen LogP contribution >= 0.6 is 11.3 Å².